The highest BCUT2D eigenvalue weighted by Gasteiger charge is 2.05. The summed E-state index contributed by atoms with van der Waals surface area (Å²) in [4.78, 5) is 2.39. The van der Waals surface area contributed by atoms with E-state index in [1.165, 1.54) is 4.88 Å². The van der Waals surface area contributed by atoms with Crippen molar-refractivity contribution in [3.8, 4) is 0 Å². The van der Waals surface area contributed by atoms with E-state index in [2.05, 4.69) is 53.5 Å². The van der Waals surface area contributed by atoms with E-state index in [1.807, 2.05) is 42.6 Å². The molecule has 0 saturated carbocycles. The van der Waals surface area contributed by atoms with Crippen LogP contribution in [0.2, 0.25) is 0 Å². The van der Waals surface area contributed by atoms with Gasteiger partial charge in [0.05, 0.1) is 6.21 Å². The van der Waals surface area contributed by atoms with E-state index in [4.69, 9.17) is 0 Å². The molecule has 1 aromatic heterocycles. The summed E-state index contributed by atoms with van der Waals surface area (Å²) in [6.45, 7) is 2.09. The van der Waals surface area contributed by atoms with Gasteiger partial charge in [0.2, 0.25) is 0 Å². The molecule has 0 fully saturated rings. The highest BCUT2D eigenvalue weighted by Crippen LogP contribution is 2.14. The summed E-state index contributed by atoms with van der Waals surface area (Å²) < 4.78 is 0. The zero-order valence-electron chi connectivity index (χ0n) is 12.3. The van der Waals surface area contributed by atoms with Crippen molar-refractivity contribution in [1.29, 1.82) is 0 Å². The molecule has 0 radical (unpaired) electrons. The Morgan fingerprint density at radius 3 is 1.91 bits per heavy atom. The van der Waals surface area contributed by atoms with Crippen LogP contribution in [0.5, 0.6) is 0 Å². The fourth-order valence-electron chi connectivity index (χ4n) is 2.14. The van der Waals surface area contributed by atoms with Crippen LogP contribution in [0.25, 0.3) is 0 Å². The van der Waals surface area contributed by atoms with Gasteiger partial charge in [-0.05, 0) is 19.1 Å². The number of hydrogen-bond donors (Lipinski definition) is 0. The Morgan fingerprint density at radius 1 is 0.818 bits per heavy atom. The second-order valence-electron chi connectivity index (χ2n) is 4.87. The molecule has 0 amide bonds. The van der Waals surface area contributed by atoms with Gasteiger partial charge < -0.3 is 0 Å². The third kappa shape index (κ3) is 3.57. The van der Waals surface area contributed by atoms with Crippen LogP contribution in [0.3, 0.4) is 0 Å². The van der Waals surface area contributed by atoms with Gasteiger partial charge in [-0.15, -0.1) is 16.4 Å². The van der Waals surface area contributed by atoms with Gasteiger partial charge in [-0.3, -0.25) is 0 Å². The summed E-state index contributed by atoms with van der Waals surface area (Å²) in [5.74, 6) is 0. The van der Waals surface area contributed by atoms with Crippen LogP contribution < -0.4 is 0 Å². The van der Waals surface area contributed by atoms with Crippen LogP contribution in [0.15, 0.2) is 83.0 Å². The maximum Gasteiger partial charge on any atom is 0.100 e. The SMILES string of the molecule is Cc1ccc(/C=N\N=C(c2ccccc2)c2ccccc2)s1. The molecular formula is C19H16N2S. The predicted molar refractivity (Wildman–Crippen MR) is 95.2 cm³/mol. The van der Waals surface area contributed by atoms with Gasteiger partial charge in [0.1, 0.15) is 5.71 Å². The third-order valence-corrected chi connectivity index (χ3v) is 4.13. The van der Waals surface area contributed by atoms with E-state index in [0.717, 1.165) is 21.7 Å². The van der Waals surface area contributed by atoms with Crippen LogP contribution in [-0.2, 0) is 0 Å². The summed E-state index contributed by atoms with van der Waals surface area (Å²) in [7, 11) is 0. The predicted octanol–water partition coefficient (Wildman–Crippen LogP) is 4.93. The number of nitrogens with zero attached hydrogens (tertiary/aromatic N) is 2. The Bertz CT molecular complexity index is 745. The lowest BCUT2D eigenvalue weighted by molar-refractivity contribution is 1.25. The van der Waals surface area contributed by atoms with Crippen molar-refractivity contribution in [1.82, 2.24) is 0 Å². The molecule has 2 aromatic carbocycles. The van der Waals surface area contributed by atoms with Crippen molar-refractivity contribution in [2.24, 2.45) is 10.2 Å². The molecule has 0 atom stereocenters. The summed E-state index contributed by atoms with van der Waals surface area (Å²) >= 11 is 1.71. The second-order valence-corrected chi connectivity index (χ2v) is 6.19. The van der Waals surface area contributed by atoms with Crippen LogP contribution in [-0.4, -0.2) is 11.9 Å². The van der Waals surface area contributed by atoms with Crippen LogP contribution in [0.4, 0.5) is 0 Å². The van der Waals surface area contributed by atoms with Crippen LogP contribution >= 0.6 is 11.3 Å². The first kappa shape index (κ1) is 14.4. The zero-order chi connectivity index (χ0) is 15.2. The van der Waals surface area contributed by atoms with Crippen molar-refractivity contribution in [3.05, 3.63) is 93.7 Å². The molecule has 0 unspecified atom stereocenters. The Balaban J connectivity index is 1.95. The summed E-state index contributed by atoms with van der Waals surface area (Å²) in [5.41, 5.74) is 3.01. The van der Waals surface area contributed by atoms with Gasteiger partial charge >= 0.3 is 0 Å². The molecule has 2 nitrogen and oxygen atoms in total. The zero-order valence-corrected chi connectivity index (χ0v) is 13.1. The smallest absolute Gasteiger partial charge is 0.100 e. The number of rotatable bonds is 4. The van der Waals surface area contributed by atoms with Gasteiger partial charge in [-0.25, -0.2) is 0 Å². The molecule has 1 heterocycles. The molecule has 0 N–H and O–H groups in total. The number of hydrogen-bond acceptors (Lipinski definition) is 3. The number of thiophene rings is 1. The first-order valence-corrected chi connectivity index (χ1v) is 7.93. The van der Waals surface area contributed by atoms with E-state index in [0.29, 0.717) is 0 Å². The van der Waals surface area contributed by atoms with Gasteiger partial charge in [0.25, 0.3) is 0 Å². The first-order chi connectivity index (χ1) is 10.8. The molecule has 22 heavy (non-hydrogen) atoms. The van der Waals surface area contributed by atoms with Crippen molar-refractivity contribution < 1.29 is 0 Å². The van der Waals surface area contributed by atoms with Gasteiger partial charge in [0.15, 0.2) is 0 Å². The maximum absolute atomic E-state index is 4.46. The summed E-state index contributed by atoms with van der Waals surface area (Å²) in [6, 6.07) is 24.4. The normalized spacial score (nSPS) is 10.8. The van der Waals surface area contributed by atoms with Crippen LogP contribution in [0, 0.1) is 6.92 Å². The molecule has 3 rings (SSSR count). The van der Waals surface area contributed by atoms with Gasteiger partial charge in [-0.2, -0.15) is 5.10 Å². The van der Waals surface area contributed by atoms with E-state index >= 15 is 0 Å². The first-order valence-electron chi connectivity index (χ1n) is 7.11. The van der Waals surface area contributed by atoms with Crippen LogP contribution in [0.1, 0.15) is 20.9 Å². The van der Waals surface area contributed by atoms with Crippen molar-refractivity contribution in [2.45, 2.75) is 6.92 Å². The van der Waals surface area contributed by atoms with E-state index in [9.17, 15) is 0 Å². The molecule has 0 aliphatic carbocycles. The van der Waals surface area contributed by atoms with Gasteiger partial charge in [0, 0.05) is 20.9 Å². The summed E-state index contributed by atoms with van der Waals surface area (Å²) in [6.07, 6.45) is 1.81. The monoisotopic (exact) mass is 304 g/mol. The molecule has 0 saturated heterocycles. The second kappa shape index (κ2) is 6.96. The standard InChI is InChI=1S/C19H16N2S/c1-15-12-13-18(22-15)14-20-21-19(16-8-4-2-5-9-16)17-10-6-3-7-11-17/h2-14H,1H3/b20-14-. The highest BCUT2D eigenvalue weighted by molar-refractivity contribution is 7.13. The number of benzene rings is 2. The molecular weight excluding hydrogens is 288 g/mol. The minimum Gasteiger partial charge on any atom is -0.157 e. The molecule has 0 spiro atoms. The molecule has 3 aromatic rings. The molecule has 0 aliphatic rings. The Hall–Kier alpha value is -2.52. The van der Waals surface area contributed by atoms with E-state index in [-0.39, 0.29) is 0 Å². The molecule has 108 valence electrons. The molecule has 3 heteroatoms. The van der Waals surface area contributed by atoms with Crippen molar-refractivity contribution >= 4 is 23.3 Å². The summed E-state index contributed by atoms with van der Waals surface area (Å²) in [5, 5.41) is 8.74. The lowest BCUT2D eigenvalue weighted by Gasteiger charge is -2.04. The Labute approximate surface area is 134 Å². The fraction of sp³-hybridized carbons (Fsp3) is 0.0526. The fourth-order valence-corrected chi connectivity index (χ4v) is 2.88. The average molecular weight is 304 g/mol. The van der Waals surface area contributed by atoms with E-state index in [1.54, 1.807) is 11.3 Å². The molecule has 0 bridgehead atoms. The lowest BCUT2D eigenvalue weighted by atomic mass is 10.0. The van der Waals surface area contributed by atoms with Gasteiger partial charge in [-0.1, -0.05) is 60.7 Å². The minimum absolute atomic E-state index is 0.880. The van der Waals surface area contributed by atoms with Crippen molar-refractivity contribution in [3.63, 3.8) is 0 Å². The maximum atomic E-state index is 4.46. The quantitative estimate of drug-likeness (QED) is 0.482. The number of aryl methyl sites for hydroxylation is 1. The topological polar surface area (TPSA) is 24.7 Å². The highest BCUT2D eigenvalue weighted by atomic mass is 32.1. The Kier molecular flexibility index (Phi) is 4.56. The largest absolute Gasteiger partial charge is 0.157 e. The van der Waals surface area contributed by atoms with Crippen molar-refractivity contribution in [2.75, 3.05) is 0 Å². The van der Waals surface area contributed by atoms with E-state index < -0.39 is 0 Å². The Morgan fingerprint density at radius 2 is 1.41 bits per heavy atom. The average Bonchev–Trinajstić information content (AvgIpc) is 2.99. The third-order valence-electron chi connectivity index (χ3n) is 3.20. The minimum atomic E-state index is 0.880. The molecule has 0 aliphatic heterocycles. The lowest BCUT2D eigenvalue weighted by Crippen LogP contribution is -2.02.